The van der Waals surface area contributed by atoms with Crippen LogP contribution in [0.1, 0.15) is 23.6 Å². The predicted molar refractivity (Wildman–Crippen MR) is 96.6 cm³/mol. The van der Waals surface area contributed by atoms with Crippen LogP contribution in [0.4, 0.5) is 4.79 Å². The van der Waals surface area contributed by atoms with E-state index in [1.54, 1.807) is 30.4 Å². The maximum atomic E-state index is 12.6. The van der Waals surface area contributed by atoms with Gasteiger partial charge in [0, 0.05) is 0 Å². The van der Waals surface area contributed by atoms with Crippen LogP contribution in [0.25, 0.3) is 0 Å². The molecule has 0 fully saturated rings. The van der Waals surface area contributed by atoms with E-state index >= 15 is 0 Å². The normalized spacial score (nSPS) is 18.2. The summed E-state index contributed by atoms with van der Waals surface area (Å²) in [7, 11) is 2.02. The highest BCUT2D eigenvalue weighted by Crippen LogP contribution is 2.27. The molecule has 3 rings (SSSR count). The summed E-state index contributed by atoms with van der Waals surface area (Å²) in [4.78, 5) is 27.1. The van der Waals surface area contributed by atoms with Crippen molar-refractivity contribution in [2.45, 2.75) is 19.5 Å². The number of urea groups is 1. The van der Waals surface area contributed by atoms with Crippen molar-refractivity contribution in [3.8, 4) is 0 Å². The smallest absolute Gasteiger partial charge is 0.338 e. The van der Waals surface area contributed by atoms with Gasteiger partial charge in [0.2, 0.25) is 0 Å². The highest BCUT2D eigenvalue weighted by Gasteiger charge is 2.36. The molecule has 26 heavy (non-hydrogen) atoms. The molecular weight excluding hydrogens is 354 g/mol. The molecule has 0 aliphatic carbocycles. The fourth-order valence-corrected chi connectivity index (χ4v) is 3.77. The number of amides is 2. The summed E-state index contributed by atoms with van der Waals surface area (Å²) in [6.07, 6.45) is 1.51. The van der Waals surface area contributed by atoms with Crippen molar-refractivity contribution in [1.29, 1.82) is 0 Å². The van der Waals surface area contributed by atoms with Crippen LogP contribution in [-0.4, -0.2) is 32.2 Å². The molecule has 1 aliphatic rings. The Hall–Kier alpha value is -2.58. The number of carbonyl (C=O) groups is 2. The third kappa shape index (κ3) is 4.14. The zero-order chi connectivity index (χ0) is 18.5. The fraction of sp³-hybridized carbons (Fsp3) is 0.333. The zero-order valence-electron chi connectivity index (χ0n) is 14.7. The van der Waals surface area contributed by atoms with Crippen LogP contribution in [0.15, 0.2) is 51.6 Å². The van der Waals surface area contributed by atoms with Gasteiger partial charge in [0.05, 0.1) is 36.1 Å². The largest absolute Gasteiger partial charge is 0.467 e. The highest BCUT2D eigenvalue weighted by atomic mass is 32.1. The molecule has 3 heterocycles. The molecule has 1 unspecified atom stereocenters. The maximum absolute atomic E-state index is 12.6. The summed E-state index contributed by atoms with van der Waals surface area (Å²) < 4.78 is 10.7. The number of nitrogens with one attached hydrogen (secondary N) is 3. The Labute approximate surface area is 155 Å². The van der Waals surface area contributed by atoms with Crippen molar-refractivity contribution >= 4 is 23.3 Å². The van der Waals surface area contributed by atoms with E-state index < -0.39 is 12.0 Å². The molecule has 2 aromatic rings. The number of rotatable bonds is 7. The summed E-state index contributed by atoms with van der Waals surface area (Å²) in [6.45, 7) is 3.29. The second kappa shape index (κ2) is 8.20. The molecule has 7 nitrogen and oxygen atoms in total. The predicted octanol–water partition coefficient (Wildman–Crippen LogP) is 1.23. The van der Waals surface area contributed by atoms with Crippen LogP contribution in [0.2, 0.25) is 0 Å². The van der Waals surface area contributed by atoms with E-state index in [9.17, 15) is 9.59 Å². The fourth-order valence-electron chi connectivity index (χ4n) is 2.95. The molecule has 8 heteroatoms. The summed E-state index contributed by atoms with van der Waals surface area (Å²) >= 11 is 1.68. The number of thiophene rings is 1. The van der Waals surface area contributed by atoms with E-state index in [1.807, 2.05) is 18.5 Å². The van der Waals surface area contributed by atoms with E-state index in [0.29, 0.717) is 23.6 Å². The number of carbonyl (C=O) groups excluding carboxylic acids is 2. The first kappa shape index (κ1) is 18.2. The number of ether oxygens (including phenoxy) is 1. The number of esters is 1. The third-order valence-electron chi connectivity index (χ3n) is 4.01. The first-order valence-electron chi connectivity index (χ1n) is 8.43. The number of furan rings is 1. The molecule has 2 atom stereocenters. The Morgan fingerprint density at radius 1 is 1.35 bits per heavy atom. The van der Waals surface area contributed by atoms with E-state index in [4.69, 9.17) is 9.15 Å². The summed E-state index contributed by atoms with van der Waals surface area (Å²) in [6, 6.07) is 6.51. The SMILES string of the molecule is CCOC(=O)C1=C(C[NH+](C)Cc2cccs2)NC(=O)N[C@@H]1c1ccco1. The zero-order valence-corrected chi connectivity index (χ0v) is 15.5. The Bertz CT molecular complexity index is 783. The summed E-state index contributed by atoms with van der Waals surface area (Å²) in [5.74, 6) is 0.0386. The third-order valence-corrected chi connectivity index (χ3v) is 4.89. The van der Waals surface area contributed by atoms with Gasteiger partial charge in [-0.2, -0.15) is 0 Å². The van der Waals surface area contributed by atoms with Crippen LogP contribution in [0.5, 0.6) is 0 Å². The minimum atomic E-state index is -0.665. The van der Waals surface area contributed by atoms with Crippen LogP contribution < -0.4 is 15.5 Å². The minimum absolute atomic E-state index is 0.256. The lowest BCUT2D eigenvalue weighted by molar-refractivity contribution is -0.888. The molecule has 0 saturated carbocycles. The first-order chi connectivity index (χ1) is 12.6. The molecule has 138 valence electrons. The van der Waals surface area contributed by atoms with Crippen molar-refractivity contribution in [3.05, 3.63) is 57.8 Å². The van der Waals surface area contributed by atoms with Crippen LogP contribution in [0.3, 0.4) is 0 Å². The number of hydrogen-bond donors (Lipinski definition) is 3. The van der Waals surface area contributed by atoms with Gasteiger partial charge in [0.1, 0.15) is 24.9 Å². The van der Waals surface area contributed by atoms with Gasteiger partial charge in [-0.25, -0.2) is 9.59 Å². The standard InChI is InChI=1S/C18H21N3O4S/c1-3-24-17(22)15-13(11-21(2)10-12-6-5-9-26-12)19-18(23)20-16(15)14-7-4-8-25-14/h4-9,16H,3,10-11H2,1-2H3,(H2,19,20,23)/p+1/t16-/m1/s1. The van der Waals surface area contributed by atoms with Crippen LogP contribution >= 0.6 is 11.3 Å². The Morgan fingerprint density at radius 3 is 2.85 bits per heavy atom. The molecule has 3 N–H and O–H groups in total. The van der Waals surface area contributed by atoms with Gasteiger partial charge < -0.3 is 24.7 Å². The molecule has 0 aromatic carbocycles. The second-order valence-corrected chi connectivity index (χ2v) is 7.08. The van der Waals surface area contributed by atoms with E-state index in [0.717, 1.165) is 11.4 Å². The second-order valence-electron chi connectivity index (χ2n) is 6.05. The molecular formula is C18H22N3O4S+. The molecule has 0 saturated heterocycles. The monoisotopic (exact) mass is 376 g/mol. The van der Waals surface area contributed by atoms with E-state index in [-0.39, 0.29) is 12.6 Å². The van der Waals surface area contributed by atoms with E-state index in [2.05, 4.69) is 16.7 Å². The van der Waals surface area contributed by atoms with Gasteiger partial charge in [-0.05, 0) is 30.5 Å². The van der Waals surface area contributed by atoms with Crippen molar-refractivity contribution in [2.24, 2.45) is 0 Å². The van der Waals surface area contributed by atoms with Crippen LogP contribution in [0, 0.1) is 0 Å². The molecule has 1 aliphatic heterocycles. The number of hydrogen-bond acceptors (Lipinski definition) is 5. The van der Waals surface area contributed by atoms with Crippen molar-refractivity contribution in [2.75, 3.05) is 20.2 Å². The highest BCUT2D eigenvalue weighted by molar-refractivity contribution is 7.09. The van der Waals surface area contributed by atoms with E-state index in [1.165, 1.54) is 11.1 Å². The lowest BCUT2D eigenvalue weighted by Gasteiger charge is -2.28. The summed E-state index contributed by atoms with van der Waals surface area (Å²) in [5.41, 5.74) is 0.939. The van der Waals surface area contributed by atoms with Crippen LogP contribution in [-0.2, 0) is 16.1 Å². The van der Waals surface area contributed by atoms with Crippen molar-refractivity contribution < 1.29 is 23.6 Å². The quantitative estimate of drug-likeness (QED) is 0.635. The van der Waals surface area contributed by atoms with Crippen molar-refractivity contribution in [3.63, 3.8) is 0 Å². The molecule has 2 aromatic heterocycles. The van der Waals surface area contributed by atoms with Gasteiger partial charge in [0.15, 0.2) is 0 Å². The Balaban J connectivity index is 1.90. The van der Waals surface area contributed by atoms with Gasteiger partial charge in [-0.1, -0.05) is 6.07 Å². The first-order valence-corrected chi connectivity index (χ1v) is 9.31. The van der Waals surface area contributed by atoms with Gasteiger partial charge in [0.25, 0.3) is 0 Å². The maximum Gasteiger partial charge on any atom is 0.338 e. The lowest BCUT2D eigenvalue weighted by Crippen LogP contribution is -3.08. The Morgan fingerprint density at radius 2 is 2.19 bits per heavy atom. The average molecular weight is 376 g/mol. The van der Waals surface area contributed by atoms with Gasteiger partial charge in [-0.15, -0.1) is 11.3 Å². The average Bonchev–Trinajstić information content (AvgIpc) is 3.27. The number of quaternary nitrogens is 1. The van der Waals surface area contributed by atoms with Crippen molar-refractivity contribution in [1.82, 2.24) is 10.6 Å². The lowest BCUT2D eigenvalue weighted by atomic mass is 10.00. The molecule has 0 radical (unpaired) electrons. The molecule has 0 spiro atoms. The van der Waals surface area contributed by atoms with Gasteiger partial charge >= 0.3 is 12.0 Å². The minimum Gasteiger partial charge on any atom is -0.467 e. The summed E-state index contributed by atoms with van der Waals surface area (Å²) in [5, 5.41) is 7.56. The topological polar surface area (TPSA) is 85.0 Å². The van der Waals surface area contributed by atoms with Gasteiger partial charge in [-0.3, -0.25) is 0 Å². The Kier molecular flexibility index (Phi) is 5.75. The number of likely N-dealkylation sites (N-methyl/N-ethyl adjacent to an activating group) is 1. The molecule has 2 amide bonds. The molecule has 0 bridgehead atoms.